The van der Waals surface area contributed by atoms with Crippen molar-refractivity contribution >= 4 is 15.9 Å². The molecule has 3 rings (SSSR count). The maximum absolute atomic E-state index is 12.9. The van der Waals surface area contributed by atoms with Crippen molar-refractivity contribution in [3.63, 3.8) is 0 Å². The number of hydrogen-bond donors (Lipinski definition) is 2. The van der Waals surface area contributed by atoms with E-state index in [0.717, 1.165) is 32.6 Å². The summed E-state index contributed by atoms with van der Waals surface area (Å²) in [4.78, 5) is 14.1. The molecule has 1 aromatic carbocycles. The molecule has 0 aromatic heterocycles. The van der Waals surface area contributed by atoms with E-state index in [0.29, 0.717) is 30.5 Å². The smallest absolute Gasteiger partial charge is 0.265 e. The van der Waals surface area contributed by atoms with E-state index in [2.05, 4.69) is 26.3 Å². The zero-order valence-electron chi connectivity index (χ0n) is 16.4. The topological polar surface area (TPSA) is 74.2 Å². The molecular formula is C19H31N4O3S+. The van der Waals surface area contributed by atoms with Crippen molar-refractivity contribution in [1.82, 2.24) is 14.7 Å². The van der Waals surface area contributed by atoms with Crippen LogP contribution in [0.1, 0.15) is 30.6 Å². The van der Waals surface area contributed by atoms with Gasteiger partial charge in [0.15, 0.2) is 0 Å². The van der Waals surface area contributed by atoms with Gasteiger partial charge in [-0.2, -0.15) is 4.31 Å². The maximum Gasteiger partial charge on any atom is 0.265 e. The molecule has 8 heteroatoms. The molecule has 0 bridgehead atoms. The highest BCUT2D eigenvalue weighted by Gasteiger charge is 2.31. The number of hydrogen-bond acceptors (Lipinski definition) is 4. The van der Waals surface area contributed by atoms with Gasteiger partial charge >= 0.3 is 0 Å². The van der Waals surface area contributed by atoms with E-state index in [1.165, 1.54) is 4.90 Å². The molecule has 7 nitrogen and oxygen atoms in total. The fourth-order valence-corrected chi connectivity index (χ4v) is 5.62. The zero-order chi connectivity index (χ0) is 19.6. The van der Waals surface area contributed by atoms with E-state index in [1.54, 1.807) is 28.6 Å². The number of nitrogens with zero attached hydrogens (tertiary/aromatic N) is 2. The van der Waals surface area contributed by atoms with Crippen molar-refractivity contribution in [3.05, 3.63) is 29.8 Å². The highest BCUT2D eigenvalue weighted by atomic mass is 32.2. The van der Waals surface area contributed by atoms with Crippen molar-refractivity contribution in [2.45, 2.75) is 25.2 Å². The molecule has 0 unspecified atom stereocenters. The van der Waals surface area contributed by atoms with Crippen molar-refractivity contribution in [2.75, 3.05) is 46.3 Å². The first-order valence-electron chi connectivity index (χ1n) is 9.73. The number of benzene rings is 1. The molecule has 1 aromatic rings. The molecule has 1 amide bonds. The number of piperazine rings is 1. The molecule has 2 saturated heterocycles. The van der Waals surface area contributed by atoms with E-state index < -0.39 is 10.0 Å². The van der Waals surface area contributed by atoms with Crippen LogP contribution in [-0.4, -0.2) is 70.0 Å². The Balaban J connectivity index is 1.66. The summed E-state index contributed by atoms with van der Waals surface area (Å²) >= 11 is 0. The van der Waals surface area contributed by atoms with Crippen molar-refractivity contribution < 1.29 is 18.1 Å². The van der Waals surface area contributed by atoms with E-state index >= 15 is 0 Å². The Morgan fingerprint density at radius 2 is 1.63 bits per heavy atom. The predicted molar refractivity (Wildman–Crippen MR) is 104 cm³/mol. The summed E-state index contributed by atoms with van der Waals surface area (Å²) in [5.74, 6) is 0.525. The van der Waals surface area contributed by atoms with Gasteiger partial charge in [-0.3, -0.25) is 10.2 Å². The van der Waals surface area contributed by atoms with Crippen molar-refractivity contribution in [3.8, 4) is 0 Å². The van der Waals surface area contributed by atoms with Crippen LogP contribution < -0.4 is 10.3 Å². The maximum atomic E-state index is 12.9. The average Bonchev–Trinajstić information content (AvgIpc) is 2.63. The Bertz CT molecular complexity index is 748. The van der Waals surface area contributed by atoms with Crippen LogP contribution in [0.4, 0.5) is 0 Å². The lowest BCUT2D eigenvalue weighted by molar-refractivity contribution is -0.884. The minimum Gasteiger partial charge on any atom is -0.335 e. The van der Waals surface area contributed by atoms with E-state index in [1.807, 2.05) is 5.01 Å². The number of nitrogens with one attached hydrogen (secondary N) is 2. The number of amides is 1. The second-order valence-corrected chi connectivity index (χ2v) is 10.1. The molecule has 0 radical (unpaired) electrons. The quantitative estimate of drug-likeness (QED) is 0.742. The molecule has 150 valence electrons. The second kappa shape index (κ2) is 8.26. The fourth-order valence-electron chi connectivity index (χ4n) is 3.94. The molecule has 0 aliphatic carbocycles. The van der Waals surface area contributed by atoms with E-state index in [-0.39, 0.29) is 10.8 Å². The van der Waals surface area contributed by atoms with Crippen LogP contribution in [-0.2, 0) is 10.0 Å². The SMILES string of the molecule is C[C@@H]1C[C@@H](C)CN(S(=O)(=O)c2ccc(C(=O)NN3CC[NH+](C)CC3)cc2)C1. The monoisotopic (exact) mass is 395 g/mol. The molecule has 2 N–H and O–H groups in total. The van der Waals surface area contributed by atoms with Crippen LogP contribution in [0.15, 0.2) is 29.2 Å². The van der Waals surface area contributed by atoms with Gasteiger partial charge in [0.2, 0.25) is 10.0 Å². The number of likely N-dealkylation sites (N-methyl/N-ethyl adjacent to an activating group) is 1. The summed E-state index contributed by atoms with van der Waals surface area (Å²) < 4.78 is 27.4. The first-order chi connectivity index (χ1) is 12.8. The van der Waals surface area contributed by atoms with E-state index in [9.17, 15) is 13.2 Å². The third kappa shape index (κ3) is 4.87. The lowest BCUT2D eigenvalue weighted by Crippen LogP contribution is -3.12. The third-order valence-electron chi connectivity index (χ3n) is 5.47. The molecule has 2 atom stereocenters. The Morgan fingerprint density at radius 1 is 1.07 bits per heavy atom. The summed E-state index contributed by atoms with van der Waals surface area (Å²) in [6, 6.07) is 6.28. The van der Waals surface area contributed by atoms with Gasteiger partial charge in [-0.05, 0) is 42.5 Å². The first-order valence-corrected chi connectivity index (χ1v) is 11.2. The normalized spacial score (nSPS) is 26.0. The Kier molecular flexibility index (Phi) is 6.20. The molecule has 0 saturated carbocycles. The van der Waals surface area contributed by atoms with Gasteiger partial charge in [0.05, 0.1) is 38.1 Å². The first kappa shape index (κ1) is 20.3. The summed E-state index contributed by atoms with van der Waals surface area (Å²) in [6.45, 7) is 8.90. The zero-order valence-corrected chi connectivity index (χ0v) is 17.3. The van der Waals surface area contributed by atoms with Gasteiger partial charge in [0.25, 0.3) is 5.91 Å². The fraction of sp³-hybridized carbons (Fsp3) is 0.632. The molecule has 2 aliphatic heterocycles. The summed E-state index contributed by atoms with van der Waals surface area (Å²) in [5, 5.41) is 1.93. The van der Waals surface area contributed by atoms with Crippen LogP contribution in [0.5, 0.6) is 0 Å². The highest BCUT2D eigenvalue weighted by molar-refractivity contribution is 7.89. The third-order valence-corrected chi connectivity index (χ3v) is 7.31. The average molecular weight is 396 g/mol. The standard InChI is InChI=1S/C19H30N4O3S/c1-15-12-16(2)14-23(13-15)27(25,26)18-6-4-17(5-7-18)19(24)20-22-10-8-21(3)9-11-22/h4-7,15-16H,8-14H2,1-3H3,(H,20,24)/p+1/t15-,16-/m1/s1. The molecular weight excluding hydrogens is 364 g/mol. The summed E-state index contributed by atoms with van der Waals surface area (Å²) in [6.07, 6.45) is 1.05. The molecule has 2 fully saturated rings. The van der Waals surface area contributed by atoms with Crippen LogP contribution in [0.3, 0.4) is 0 Å². The van der Waals surface area contributed by atoms with E-state index in [4.69, 9.17) is 0 Å². The number of sulfonamides is 1. The lowest BCUT2D eigenvalue weighted by Gasteiger charge is -2.34. The number of carbonyl (C=O) groups is 1. The molecule has 27 heavy (non-hydrogen) atoms. The summed E-state index contributed by atoms with van der Waals surface area (Å²) in [7, 11) is -1.37. The number of carbonyl (C=O) groups excluding carboxylic acids is 1. The number of quaternary nitrogens is 1. The van der Waals surface area contributed by atoms with Gasteiger partial charge in [-0.1, -0.05) is 13.8 Å². The minimum atomic E-state index is -3.52. The van der Waals surface area contributed by atoms with Gasteiger partial charge in [-0.25, -0.2) is 13.4 Å². The van der Waals surface area contributed by atoms with Crippen LogP contribution in [0, 0.1) is 11.8 Å². The number of rotatable bonds is 4. The van der Waals surface area contributed by atoms with Crippen molar-refractivity contribution in [1.29, 1.82) is 0 Å². The Hall–Kier alpha value is -1.48. The number of hydrazine groups is 1. The van der Waals surface area contributed by atoms with Crippen LogP contribution >= 0.6 is 0 Å². The summed E-state index contributed by atoms with van der Waals surface area (Å²) in [5.41, 5.74) is 3.38. The lowest BCUT2D eigenvalue weighted by atomic mass is 9.94. The molecule has 0 spiro atoms. The minimum absolute atomic E-state index is 0.196. The predicted octanol–water partition coefficient (Wildman–Crippen LogP) is -0.172. The van der Waals surface area contributed by atoms with Gasteiger partial charge in [0.1, 0.15) is 0 Å². The Morgan fingerprint density at radius 3 is 2.19 bits per heavy atom. The second-order valence-electron chi connectivity index (χ2n) is 8.18. The number of piperidine rings is 1. The largest absolute Gasteiger partial charge is 0.335 e. The van der Waals surface area contributed by atoms with Crippen molar-refractivity contribution in [2.24, 2.45) is 11.8 Å². The van der Waals surface area contributed by atoms with Gasteiger partial charge in [-0.15, -0.1) is 0 Å². The highest BCUT2D eigenvalue weighted by Crippen LogP contribution is 2.26. The van der Waals surface area contributed by atoms with Gasteiger partial charge < -0.3 is 4.90 Å². The Labute approximate surface area is 162 Å². The molecule has 2 aliphatic rings. The van der Waals surface area contributed by atoms with Gasteiger partial charge in [0, 0.05) is 18.7 Å². The van der Waals surface area contributed by atoms with Crippen LogP contribution in [0.25, 0.3) is 0 Å². The molecule has 2 heterocycles. The van der Waals surface area contributed by atoms with Crippen LogP contribution in [0.2, 0.25) is 0 Å².